The van der Waals surface area contributed by atoms with Crippen LogP contribution >= 0.6 is 0 Å². The van der Waals surface area contributed by atoms with Gasteiger partial charge in [0.25, 0.3) is 11.2 Å². The van der Waals surface area contributed by atoms with E-state index in [1.165, 1.54) is 18.2 Å². The number of benzene rings is 1. The molecular formula is C12H9N5O6. The van der Waals surface area contributed by atoms with Crippen LogP contribution in [0.1, 0.15) is 17.0 Å². The first kappa shape index (κ1) is 14.4. The van der Waals surface area contributed by atoms with Gasteiger partial charge in [0.05, 0.1) is 15.4 Å². The first-order valence-electron chi connectivity index (χ1n) is 6.32. The van der Waals surface area contributed by atoms with E-state index in [-0.39, 0.29) is 28.6 Å². The van der Waals surface area contributed by atoms with Crippen LogP contribution in [0, 0.1) is 20.2 Å². The van der Waals surface area contributed by atoms with Gasteiger partial charge in [-0.3, -0.25) is 30.0 Å². The van der Waals surface area contributed by atoms with Gasteiger partial charge in [-0.2, -0.15) is 4.98 Å². The second-order valence-corrected chi connectivity index (χ2v) is 4.79. The van der Waals surface area contributed by atoms with Crippen molar-refractivity contribution >= 4 is 11.6 Å². The fraction of sp³-hybridized carbons (Fsp3) is 0.167. The summed E-state index contributed by atoms with van der Waals surface area (Å²) in [5.74, 6) is -1.61. The van der Waals surface area contributed by atoms with Crippen LogP contribution in [0.5, 0.6) is 5.88 Å². The Labute approximate surface area is 127 Å². The number of rotatable bonds is 3. The predicted molar refractivity (Wildman–Crippen MR) is 75.6 cm³/mol. The number of anilines is 1. The zero-order chi connectivity index (χ0) is 16.7. The maximum Gasteiger partial charge on any atom is 0.366 e. The number of nitro benzene ring substituents is 1. The highest BCUT2D eigenvalue weighted by atomic mass is 16.7. The first-order chi connectivity index (χ1) is 10.9. The number of aromatic nitrogens is 2. The Morgan fingerprint density at radius 1 is 1.30 bits per heavy atom. The van der Waals surface area contributed by atoms with E-state index in [0.717, 1.165) is 6.07 Å². The summed E-state index contributed by atoms with van der Waals surface area (Å²) in [5, 5.41) is 22.1. The lowest BCUT2D eigenvalue weighted by molar-refractivity contribution is -0.562. The highest BCUT2D eigenvalue weighted by Gasteiger charge is 2.47. The van der Waals surface area contributed by atoms with E-state index < -0.39 is 27.6 Å². The number of nitrogens with one attached hydrogen (secondary N) is 1. The van der Waals surface area contributed by atoms with E-state index in [9.17, 15) is 25.0 Å². The van der Waals surface area contributed by atoms with Gasteiger partial charge in [0.2, 0.25) is 11.8 Å². The minimum atomic E-state index is -1.62. The normalized spacial score (nSPS) is 19.0. The molecule has 3 N–H and O–H groups in total. The van der Waals surface area contributed by atoms with Gasteiger partial charge in [0.1, 0.15) is 5.92 Å². The van der Waals surface area contributed by atoms with Gasteiger partial charge in [-0.25, -0.2) is 0 Å². The van der Waals surface area contributed by atoms with E-state index in [2.05, 4.69) is 9.97 Å². The molecule has 0 aliphatic carbocycles. The van der Waals surface area contributed by atoms with Gasteiger partial charge in [0.15, 0.2) is 0 Å². The monoisotopic (exact) mass is 319 g/mol. The SMILES string of the molecule is Nc1nc2c(c(=O)[nH]1)[C@@H](c1cccc([N+](=O)[O-])c1)[C@H]([N+](=O)[O-])O2. The third-order valence-corrected chi connectivity index (χ3v) is 3.42. The molecule has 0 spiro atoms. The molecule has 23 heavy (non-hydrogen) atoms. The van der Waals surface area contributed by atoms with Gasteiger partial charge >= 0.3 is 6.23 Å². The van der Waals surface area contributed by atoms with Crippen molar-refractivity contribution in [2.75, 3.05) is 5.73 Å². The number of hydrogen-bond donors (Lipinski definition) is 2. The summed E-state index contributed by atoms with van der Waals surface area (Å²) >= 11 is 0. The molecule has 0 radical (unpaired) electrons. The lowest BCUT2D eigenvalue weighted by Crippen LogP contribution is -2.30. The summed E-state index contributed by atoms with van der Waals surface area (Å²) in [6.07, 6.45) is -1.62. The van der Waals surface area contributed by atoms with Crippen LogP contribution in [0.2, 0.25) is 0 Å². The first-order valence-corrected chi connectivity index (χ1v) is 6.32. The van der Waals surface area contributed by atoms with Crippen molar-refractivity contribution in [2.24, 2.45) is 0 Å². The van der Waals surface area contributed by atoms with Crippen molar-refractivity contribution in [3.63, 3.8) is 0 Å². The van der Waals surface area contributed by atoms with Crippen molar-refractivity contribution in [2.45, 2.75) is 12.1 Å². The Hall–Kier alpha value is -3.50. The molecular weight excluding hydrogens is 310 g/mol. The highest BCUT2D eigenvalue weighted by Crippen LogP contribution is 2.40. The summed E-state index contributed by atoms with van der Waals surface area (Å²) in [6, 6.07) is 5.23. The molecule has 0 saturated carbocycles. The zero-order valence-corrected chi connectivity index (χ0v) is 11.3. The van der Waals surface area contributed by atoms with E-state index in [0.29, 0.717) is 0 Å². The molecule has 1 aromatic carbocycles. The van der Waals surface area contributed by atoms with Gasteiger partial charge in [-0.15, -0.1) is 0 Å². The van der Waals surface area contributed by atoms with E-state index >= 15 is 0 Å². The molecule has 1 aliphatic heterocycles. The number of ether oxygens (including phenoxy) is 1. The summed E-state index contributed by atoms with van der Waals surface area (Å²) in [5.41, 5.74) is 4.58. The molecule has 0 bridgehead atoms. The molecule has 2 atom stereocenters. The van der Waals surface area contributed by atoms with Crippen LogP contribution in [0.3, 0.4) is 0 Å². The molecule has 118 valence electrons. The van der Waals surface area contributed by atoms with Crippen LogP contribution in [0.4, 0.5) is 11.6 Å². The number of fused-ring (bicyclic) bond motifs is 1. The highest BCUT2D eigenvalue weighted by molar-refractivity contribution is 5.46. The largest absolute Gasteiger partial charge is 0.411 e. The van der Waals surface area contributed by atoms with Gasteiger partial charge in [0, 0.05) is 12.1 Å². The molecule has 0 amide bonds. The van der Waals surface area contributed by atoms with Gasteiger partial charge in [-0.05, 0) is 5.56 Å². The number of aromatic amines is 1. The summed E-state index contributed by atoms with van der Waals surface area (Å²) in [6.45, 7) is 0. The van der Waals surface area contributed by atoms with Crippen molar-refractivity contribution in [1.82, 2.24) is 9.97 Å². The number of hydrogen-bond acceptors (Lipinski definition) is 8. The zero-order valence-electron chi connectivity index (χ0n) is 11.3. The number of nitro groups is 2. The summed E-state index contributed by atoms with van der Waals surface area (Å²) in [7, 11) is 0. The Kier molecular flexibility index (Phi) is 3.17. The molecule has 0 saturated heterocycles. The molecule has 1 aromatic heterocycles. The van der Waals surface area contributed by atoms with Gasteiger partial charge in [-0.1, -0.05) is 12.1 Å². The Morgan fingerprint density at radius 3 is 2.70 bits per heavy atom. The Morgan fingerprint density at radius 2 is 2.04 bits per heavy atom. The summed E-state index contributed by atoms with van der Waals surface area (Å²) < 4.78 is 5.12. The molecule has 2 aromatic rings. The number of nitrogen functional groups attached to an aromatic ring is 1. The number of nitrogens with zero attached hydrogens (tertiary/aromatic N) is 3. The molecule has 0 fully saturated rings. The average molecular weight is 319 g/mol. The number of H-pyrrole nitrogens is 1. The van der Waals surface area contributed by atoms with Crippen LogP contribution in [-0.2, 0) is 0 Å². The standard InChI is InChI=1S/C12H9N5O6/c13-12-14-9(18)8-7(11(17(21)22)23-10(8)15-12)5-2-1-3-6(4-5)16(19)20/h1-4,7,11H,(H3,13,14,15,18)/t7-,11-/m1/s1. The minimum absolute atomic E-state index is 0.0820. The van der Waals surface area contributed by atoms with Crippen molar-refractivity contribution in [3.05, 3.63) is 66.0 Å². The second-order valence-electron chi connectivity index (χ2n) is 4.79. The third kappa shape index (κ3) is 2.33. The van der Waals surface area contributed by atoms with Crippen LogP contribution in [0.15, 0.2) is 29.1 Å². The van der Waals surface area contributed by atoms with Crippen molar-refractivity contribution in [1.29, 1.82) is 0 Å². The van der Waals surface area contributed by atoms with Gasteiger partial charge < -0.3 is 10.5 Å². The lowest BCUT2D eigenvalue weighted by atomic mass is 9.92. The maximum absolute atomic E-state index is 12.1. The minimum Gasteiger partial charge on any atom is -0.411 e. The quantitative estimate of drug-likeness (QED) is 0.604. The van der Waals surface area contributed by atoms with Crippen molar-refractivity contribution in [3.8, 4) is 5.88 Å². The fourth-order valence-electron chi connectivity index (χ4n) is 2.50. The Balaban J connectivity index is 2.20. The fourth-order valence-corrected chi connectivity index (χ4v) is 2.50. The Bertz CT molecular complexity index is 878. The summed E-state index contributed by atoms with van der Waals surface area (Å²) in [4.78, 5) is 38.8. The molecule has 3 rings (SSSR count). The predicted octanol–water partition coefficient (Wildman–Crippen LogP) is 0.387. The number of nitrogens with two attached hydrogens (primary N) is 1. The van der Waals surface area contributed by atoms with Crippen molar-refractivity contribution < 1.29 is 14.6 Å². The molecule has 0 unspecified atom stereocenters. The van der Waals surface area contributed by atoms with Crippen LogP contribution in [0.25, 0.3) is 0 Å². The smallest absolute Gasteiger partial charge is 0.366 e. The lowest BCUT2D eigenvalue weighted by Gasteiger charge is -2.11. The topological polar surface area (TPSA) is 167 Å². The molecule has 1 aliphatic rings. The number of non-ortho nitro benzene ring substituents is 1. The van der Waals surface area contributed by atoms with Crippen LogP contribution in [-0.4, -0.2) is 26.0 Å². The maximum atomic E-state index is 12.1. The average Bonchev–Trinajstić information content (AvgIpc) is 2.87. The molecule has 2 heterocycles. The molecule has 11 heteroatoms. The van der Waals surface area contributed by atoms with E-state index in [1.807, 2.05) is 0 Å². The van der Waals surface area contributed by atoms with E-state index in [4.69, 9.17) is 10.5 Å². The molecule has 11 nitrogen and oxygen atoms in total. The van der Waals surface area contributed by atoms with Crippen LogP contribution < -0.4 is 16.0 Å². The third-order valence-electron chi connectivity index (χ3n) is 3.42. The van der Waals surface area contributed by atoms with E-state index in [1.54, 1.807) is 0 Å². The second kappa shape index (κ2) is 5.05.